The van der Waals surface area contributed by atoms with Crippen molar-refractivity contribution in [2.45, 2.75) is 44.9 Å². The molecule has 1 N–H and O–H groups in total. The average Bonchev–Trinajstić information content (AvgIpc) is 2.81. The molecule has 0 saturated carbocycles. The lowest BCUT2D eigenvalue weighted by Crippen LogP contribution is -2.48. The molecule has 0 unspecified atom stereocenters. The normalized spacial score (nSPS) is 12.6. The lowest BCUT2D eigenvalue weighted by Gasteiger charge is -2.31. The standard InChI is InChI=1S/C24H29ClF3N3O4S/c1-4-21(23(33)29-2)30(16-17-9-5-6-12-20(17)25)22(32)13-8-14-31(36(3,34)35)19-11-7-10-18(15-19)24(26,27)28/h5-7,9-12,15,21H,4,8,13-14,16H2,1-3H3,(H,29,33)/t21-/m0/s1. The van der Waals surface area contributed by atoms with Gasteiger partial charge >= 0.3 is 6.18 Å². The van der Waals surface area contributed by atoms with Crippen LogP contribution in [0.4, 0.5) is 18.9 Å². The summed E-state index contributed by atoms with van der Waals surface area (Å²) in [6, 6.07) is 10.1. The number of amides is 2. The first-order chi connectivity index (χ1) is 16.8. The van der Waals surface area contributed by atoms with E-state index >= 15 is 0 Å². The van der Waals surface area contributed by atoms with E-state index in [4.69, 9.17) is 11.6 Å². The van der Waals surface area contributed by atoms with Gasteiger partial charge in [0.1, 0.15) is 6.04 Å². The minimum absolute atomic E-state index is 0.0192. The summed E-state index contributed by atoms with van der Waals surface area (Å²) in [5.74, 6) is -0.775. The van der Waals surface area contributed by atoms with Crippen LogP contribution in [-0.4, -0.2) is 51.0 Å². The van der Waals surface area contributed by atoms with E-state index in [0.29, 0.717) is 17.0 Å². The quantitative estimate of drug-likeness (QED) is 0.450. The van der Waals surface area contributed by atoms with E-state index in [9.17, 15) is 31.2 Å². The third-order valence-electron chi connectivity index (χ3n) is 5.54. The minimum Gasteiger partial charge on any atom is -0.357 e. The molecular weight excluding hydrogens is 519 g/mol. The molecule has 12 heteroatoms. The van der Waals surface area contributed by atoms with E-state index in [-0.39, 0.29) is 37.5 Å². The zero-order valence-corrected chi connectivity index (χ0v) is 21.8. The second-order valence-electron chi connectivity index (χ2n) is 8.14. The third kappa shape index (κ3) is 7.86. The first-order valence-electron chi connectivity index (χ1n) is 11.2. The predicted octanol–water partition coefficient (Wildman–Crippen LogP) is 4.46. The Balaban J connectivity index is 2.24. The summed E-state index contributed by atoms with van der Waals surface area (Å²) in [7, 11) is -2.47. The van der Waals surface area contributed by atoms with Crippen LogP contribution in [-0.2, 0) is 32.3 Å². The van der Waals surface area contributed by atoms with E-state index < -0.39 is 33.7 Å². The fraction of sp³-hybridized carbons (Fsp3) is 0.417. The van der Waals surface area contributed by atoms with Gasteiger partial charge in [-0.25, -0.2) is 8.42 Å². The Bertz CT molecular complexity index is 1180. The number of likely N-dealkylation sites (N-methyl/N-ethyl adjacent to an activating group) is 1. The SMILES string of the molecule is CC[C@@H](C(=O)NC)N(Cc1ccccc1Cl)C(=O)CCCN(c1cccc(C(F)(F)F)c1)S(C)(=O)=O. The number of nitrogens with one attached hydrogen (secondary N) is 1. The zero-order valence-electron chi connectivity index (χ0n) is 20.2. The molecule has 1 atom stereocenters. The lowest BCUT2D eigenvalue weighted by molar-refractivity contribution is -0.141. The average molecular weight is 548 g/mol. The number of nitrogens with zero attached hydrogens (tertiary/aromatic N) is 2. The Hall–Kier alpha value is -2.79. The van der Waals surface area contributed by atoms with Gasteiger partial charge in [-0.2, -0.15) is 13.2 Å². The maximum atomic E-state index is 13.2. The Morgan fingerprint density at radius 3 is 2.33 bits per heavy atom. The van der Waals surface area contributed by atoms with Gasteiger partial charge in [0.05, 0.1) is 17.5 Å². The lowest BCUT2D eigenvalue weighted by atomic mass is 10.1. The van der Waals surface area contributed by atoms with Gasteiger partial charge in [0.25, 0.3) is 0 Å². The van der Waals surface area contributed by atoms with E-state index in [1.165, 1.54) is 18.0 Å². The topological polar surface area (TPSA) is 86.8 Å². The first-order valence-corrected chi connectivity index (χ1v) is 13.4. The van der Waals surface area contributed by atoms with Gasteiger partial charge in [-0.3, -0.25) is 13.9 Å². The molecule has 7 nitrogen and oxygen atoms in total. The molecule has 0 aliphatic heterocycles. The van der Waals surface area contributed by atoms with E-state index in [0.717, 1.165) is 28.8 Å². The minimum atomic E-state index is -4.64. The van der Waals surface area contributed by atoms with Crippen LogP contribution in [0.1, 0.15) is 37.3 Å². The number of rotatable bonds is 11. The van der Waals surface area contributed by atoms with Gasteiger partial charge in [0, 0.05) is 31.6 Å². The number of halogens is 4. The molecule has 2 rings (SSSR count). The van der Waals surface area contributed by atoms with Gasteiger partial charge in [-0.1, -0.05) is 42.8 Å². The number of carbonyl (C=O) groups excluding carboxylic acids is 2. The summed E-state index contributed by atoms with van der Waals surface area (Å²) in [4.78, 5) is 27.1. The summed E-state index contributed by atoms with van der Waals surface area (Å²) in [6.07, 6.45) is -3.54. The molecule has 0 aromatic heterocycles. The Morgan fingerprint density at radius 2 is 1.78 bits per heavy atom. The van der Waals surface area contributed by atoms with Crippen molar-refractivity contribution in [3.63, 3.8) is 0 Å². The Labute approximate surface area is 214 Å². The smallest absolute Gasteiger partial charge is 0.357 e. The van der Waals surface area contributed by atoms with Gasteiger partial charge in [0.2, 0.25) is 21.8 Å². The fourth-order valence-corrected chi connectivity index (χ4v) is 4.89. The first kappa shape index (κ1) is 29.4. The van der Waals surface area contributed by atoms with Gasteiger partial charge in [-0.05, 0) is 42.7 Å². The molecule has 0 radical (unpaired) electrons. The van der Waals surface area contributed by atoms with Crippen LogP contribution >= 0.6 is 11.6 Å². The van der Waals surface area contributed by atoms with E-state index in [1.54, 1.807) is 31.2 Å². The molecule has 2 aromatic rings. The monoisotopic (exact) mass is 547 g/mol. The highest BCUT2D eigenvalue weighted by Gasteiger charge is 2.32. The van der Waals surface area contributed by atoms with Crippen molar-refractivity contribution in [1.29, 1.82) is 0 Å². The summed E-state index contributed by atoms with van der Waals surface area (Å²) >= 11 is 6.25. The van der Waals surface area contributed by atoms with Gasteiger partial charge < -0.3 is 10.2 Å². The number of carbonyl (C=O) groups is 2. The number of anilines is 1. The van der Waals surface area contributed by atoms with Crippen molar-refractivity contribution in [2.75, 3.05) is 24.2 Å². The van der Waals surface area contributed by atoms with Crippen LogP contribution in [0.15, 0.2) is 48.5 Å². The van der Waals surface area contributed by atoms with E-state index in [1.807, 2.05) is 0 Å². The van der Waals surface area contributed by atoms with E-state index in [2.05, 4.69) is 5.32 Å². The fourth-order valence-electron chi connectivity index (χ4n) is 3.74. The molecule has 0 saturated heterocycles. The number of benzene rings is 2. The maximum Gasteiger partial charge on any atom is 0.416 e. The molecule has 0 aliphatic carbocycles. The molecule has 198 valence electrons. The van der Waals surface area contributed by atoms with Crippen molar-refractivity contribution in [3.8, 4) is 0 Å². The Kier molecular flexibility index (Phi) is 10.2. The summed E-state index contributed by atoms with van der Waals surface area (Å²) in [5, 5.41) is 2.97. The molecule has 0 bridgehead atoms. The van der Waals surface area contributed by atoms with Crippen molar-refractivity contribution >= 4 is 39.1 Å². The van der Waals surface area contributed by atoms with Crippen LogP contribution in [0.3, 0.4) is 0 Å². The third-order valence-corrected chi connectivity index (χ3v) is 7.11. The molecular formula is C24H29ClF3N3O4S. The van der Waals surface area contributed by atoms with Crippen molar-refractivity contribution in [2.24, 2.45) is 0 Å². The zero-order chi connectivity index (χ0) is 27.1. The highest BCUT2D eigenvalue weighted by atomic mass is 35.5. The highest BCUT2D eigenvalue weighted by molar-refractivity contribution is 7.92. The molecule has 2 amide bonds. The largest absolute Gasteiger partial charge is 0.416 e. The molecule has 0 heterocycles. The molecule has 0 aliphatic rings. The van der Waals surface area contributed by atoms with Crippen LogP contribution in [0.25, 0.3) is 0 Å². The van der Waals surface area contributed by atoms with Gasteiger partial charge in [0.15, 0.2) is 0 Å². The number of hydrogen-bond donors (Lipinski definition) is 1. The number of alkyl halides is 3. The van der Waals surface area contributed by atoms with Crippen molar-refractivity contribution < 1.29 is 31.2 Å². The molecule has 0 spiro atoms. The summed E-state index contributed by atoms with van der Waals surface area (Å²) in [6.45, 7) is 1.60. The highest BCUT2D eigenvalue weighted by Crippen LogP contribution is 2.32. The van der Waals surface area contributed by atoms with Crippen LogP contribution in [0.2, 0.25) is 5.02 Å². The van der Waals surface area contributed by atoms with Crippen LogP contribution in [0.5, 0.6) is 0 Å². The second kappa shape index (κ2) is 12.4. The summed E-state index contributed by atoms with van der Waals surface area (Å²) < 4.78 is 64.9. The van der Waals surface area contributed by atoms with Gasteiger partial charge in [-0.15, -0.1) is 0 Å². The predicted molar refractivity (Wildman–Crippen MR) is 133 cm³/mol. The molecule has 2 aromatic carbocycles. The second-order valence-corrected chi connectivity index (χ2v) is 10.5. The van der Waals surface area contributed by atoms with Crippen molar-refractivity contribution in [3.05, 3.63) is 64.7 Å². The van der Waals surface area contributed by atoms with Crippen LogP contribution < -0.4 is 9.62 Å². The molecule has 0 fully saturated rings. The molecule has 36 heavy (non-hydrogen) atoms. The number of sulfonamides is 1. The van der Waals surface area contributed by atoms with Crippen LogP contribution in [0, 0.1) is 0 Å². The maximum absolute atomic E-state index is 13.2. The Morgan fingerprint density at radius 1 is 1.11 bits per heavy atom. The number of hydrogen-bond acceptors (Lipinski definition) is 4. The summed E-state index contributed by atoms with van der Waals surface area (Å²) in [5.41, 5.74) is -0.493. The van der Waals surface area contributed by atoms with Crippen molar-refractivity contribution in [1.82, 2.24) is 10.2 Å².